The van der Waals surface area contributed by atoms with E-state index < -0.39 is 29.2 Å². The molecule has 3 radical (unpaired) electrons. The van der Waals surface area contributed by atoms with Crippen molar-refractivity contribution in [2.75, 3.05) is 0 Å². The van der Waals surface area contributed by atoms with E-state index in [9.17, 15) is 18.3 Å². The molecule has 23 heavy (non-hydrogen) atoms. The Labute approximate surface area is 129 Å². The van der Waals surface area contributed by atoms with Gasteiger partial charge in [0.15, 0.2) is 23.3 Å². The lowest BCUT2D eigenvalue weighted by Gasteiger charge is -2.27. The highest BCUT2D eigenvalue weighted by Crippen LogP contribution is 2.44. The molecule has 1 aromatic carbocycles. The number of rotatable bonds is 1. The van der Waals surface area contributed by atoms with Gasteiger partial charge in [0.05, 0.1) is 5.56 Å². The van der Waals surface area contributed by atoms with E-state index in [4.69, 9.17) is 17.4 Å². The first-order valence-corrected chi connectivity index (χ1v) is 6.40. The summed E-state index contributed by atoms with van der Waals surface area (Å²) in [5, 5.41) is 10.0. The minimum absolute atomic E-state index is 0.0693. The number of benzene rings is 1. The molecule has 117 valence electrons. The third-order valence-electron chi connectivity index (χ3n) is 3.39. The first-order valence-electron chi connectivity index (χ1n) is 6.40. The second-order valence-corrected chi connectivity index (χ2v) is 4.92. The predicted octanol–water partition coefficient (Wildman–Crippen LogP) is 2.19. The van der Waals surface area contributed by atoms with Crippen molar-refractivity contribution in [3.05, 3.63) is 64.9 Å². The number of nitrogens with two attached hydrogens (primary N) is 1. The average Bonchev–Trinajstić information content (AvgIpc) is 2.46. The van der Waals surface area contributed by atoms with Crippen LogP contribution in [0.4, 0.5) is 13.2 Å². The number of aromatic nitrogens is 2. The molecule has 0 bridgehead atoms. The Bertz CT molecular complexity index is 829. The Morgan fingerprint density at radius 1 is 1.22 bits per heavy atom. The summed E-state index contributed by atoms with van der Waals surface area (Å²) < 4.78 is 45.3. The van der Waals surface area contributed by atoms with Gasteiger partial charge in [-0.05, 0) is 24.6 Å². The van der Waals surface area contributed by atoms with Gasteiger partial charge in [0.25, 0.3) is 0 Å². The quantitative estimate of drug-likeness (QED) is 0.787. The molecule has 0 fully saturated rings. The molecule has 1 aliphatic heterocycles. The topological polar surface area (TPSA) is 81.3 Å². The van der Waals surface area contributed by atoms with E-state index in [0.29, 0.717) is 0 Å². The minimum Gasteiger partial charge on any atom is -0.493 e. The molecule has 0 amide bonds. The number of allylic oxidation sites excluding steroid dienone is 1. The Morgan fingerprint density at radius 2 is 1.83 bits per heavy atom. The van der Waals surface area contributed by atoms with Crippen LogP contribution in [0.1, 0.15) is 22.9 Å². The molecule has 1 aromatic heterocycles. The first kappa shape index (κ1) is 15.1. The van der Waals surface area contributed by atoms with Gasteiger partial charge in [0.1, 0.15) is 5.82 Å². The van der Waals surface area contributed by atoms with Crippen molar-refractivity contribution in [1.82, 2.24) is 9.97 Å². The number of aromatic hydroxyl groups is 1. The molecular formula is C15H9F3N3O2. The summed E-state index contributed by atoms with van der Waals surface area (Å²) >= 11 is 0. The second kappa shape index (κ2) is 5.15. The van der Waals surface area contributed by atoms with E-state index in [1.165, 1.54) is 6.92 Å². The van der Waals surface area contributed by atoms with E-state index in [0.717, 1.165) is 12.1 Å². The van der Waals surface area contributed by atoms with Crippen molar-refractivity contribution >= 4 is 0 Å². The van der Waals surface area contributed by atoms with Crippen molar-refractivity contribution in [2.45, 2.75) is 12.8 Å². The molecule has 3 rings (SSSR count). The molecular weight excluding hydrogens is 311 g/mol. The molecule has 3 N–H and O–H groups in total. The maximum atomic E-state index is 13.5. The first-order chi connectivity index (χ1) is 10.8. The van der Waals surface area contributed by atoms with Crippen LogP contribution < -0.4 is 10.5 Å². The monoisotopic (exact) mass is 320 g/mol. The van der Waals surface area contributed by atoms with Crippen molar-refractivity contribution in [1.29, 1.82) is 0 Å². The second-order valence-electron chi connectivity index (χ2n) is 4.92. The molecule has 2 aromatic rings. The van der Waals surface area contributed by atoms with E-state index in [2.05, 4.69) is 9.97 Å². The summed E-state index contributed by atoms with van der Waals surface area (Å²) in [6, 6.07) is 1.44. The number of hydrogen-bond acceptors (Lipinski definition) is 5. The maximum Gasteiger partial charge on any atom is 0.232 e. The number of hydrogen-bond donors (Lipinski definition) is 2. The SMILES string of the molecule is [C]C1=C(N)Oc2nc(C)nc(O)c2C1c1cc(F)c(F)c(F)c1. The van der Waals surface area contributed by atoms with Crippen LogP contribution in [0, 0.1) is 31.3 Å². The third-order valence-corrected chi connectivity index (χ3v) is 3.39. The zero-order valence-electron chi connectivity index (χ0n) is 11.7. The van der Waals surface area contributed by atoms with Crippen molar-refractivity contribution in [3.8, 4) is 11.8 Å². The van der Waals surface area contributed by atoms with Crippen LogP contribution in [0.15, 0.2) is 23.6 Å². The van der Waals surface area contributed by atoms with E-state index in [1.807, 2.05) is 0 Å². The molecule has 8 heteroatoms. The zero-order chi connectivity index (χ0) is 16.9. The van der Waals surface area contributed by atoms with Crippen LogP contribution in [0.2, 0.25) is 0 Å². The number of fused-ring (bicyclic) bond motifs is 1. The van der Waals surface area contributed by atoms with E-state index >= 15 is 0 Å². The van der Waals surface area contributed by atoms with Gasteiger partial charge in [-0.15, -0.1) is 0 Å². The summed E-state index contributed by atoms with van der Waals surface area (Å²) in [5.41, 5.74) is 5.04. The Morgan fingerprint density at radius 3 is 2.43 bits per heavy atom. The standard InChI is InChI=1S/C15H9F3N3O2/c1-5-10(7-3-8(16)12(18)9(17)4-7)11-14(22)20-6(2)21-15(11)23-13(5)19/h3-4,10H,19H2,2H3,(H,20,21,22). The fourth-order valence-electron chi connectivity index (χ4n) is 2.39. The van der Waals surface area contributed by atoms with Gasteiger partial charge in [-0.1, -0.05) is 0 Å². The molecule has 1 unspecified atom stereocenters. The minimum atomic E-state index is -1.63. The molecule has 1 aliphatic rings. The normalized spacial score (nSPS) is 17.0. The Hall–Kier alpha value is -2.77. The summed E-state index contributed by atoms with van der Waals surface area (Å²) in [6.07, 6.45) is 0. The van der Waals surface area contributed by atoms with Gasteiger partial charge in [0.2, 0.25) is 11.8 Å². The van der Waals surface area contributed by atoms with Crippen LogP contribution in [-0.2, 0) is 0 Å². The lowest BCUT2D eigenvalue weighted by Crippen LogP contribution is -2.22. The van der Waals surface area contributed by atoms with Crippen LogP contribution in [0.25, 0.3) is 0 Å². The number of halogens is 3. The van der Waals surface area contributed by atoms with Crippen LogP contribution in [0.5, 0.6) is 11.8 Å². The lowest BCUT2D eigenvalue weighted by molar-refractivity contribution is 0.357. The largest absolute Gasteiger partial charge is 0.493 e. The summed E-state index contributed by atoms with van der Waals surface area (Å²) in [7, 11) is 0. The summed E-state index contributed by atoms with van der Waals surface area (Å²) in [6.45, 7) is 9.46. The fraction of sp³-hybridized carbons (Fsp3) is 0.133. The maximum absolute atomic E-state index is 13.5. The average molecular weight is 320 g/mol. The van der Waals surface area contributed by atoms with Gasteiger partial charge in [0, 0.05) is 18.4 Å². The number of aryl methyl sites for hydroxylation is 1. The summed E-state index contributed by atoms with van der Waals surface area (Å²) in [4.78, 5) is 7.69. The van der Waals surface area contributed by atoms with Crippen LogP contribution in [0.3, 0.4) is 0 Å². The summed E-state index contributed by atoms with van der Waals surface area (Å²) in [5.74, 6) is -6.47. The lowest BCUT2D eigenvalue weighted by atomic mass is 9.85. The molecule has 2 heterocycles. The molecule has 0 aliphatic carbocycles. The van der Waals surface area contributed by atoms with Gasteiger partial charge in [-0.3, -0.25) is 0 Å². The van der Waals surface area contributed by atoms with Gasteiger partial charge < -0.3 is 15.6 Å². The Balaban J connectivity index is 2.28. The van der Waals surface area contributed by atoms with Crippen molar-refractivity contribution in [2.24, 2.45) is 5.73 Å². The third kappa shape index (κ3) is 2.36. The van der Waals surface area contributed by atoms with E-state index in [1.54, 1.807) is 0 Å². The van der Waals surface area contributed by atoms with Crippen LogP contribution >= 0.6 is 0 Å². The highest BCUT2D eigenvalue weighted by molar-refractivity contribution is 5.53. The zero-order valence-corrected chi connectivity index (χ0v) is 11.7. The number of ether oxygens (including phenoxy) is 1. The van der Waals surface area contributed by atoms with Crippen LogP contribution in [-0.4, -0.2) is 15.1 Å². The van der Waals surface area contributed by atoms with Crippen molar-refractivity contribution < 1.29 is 23.0 Å². The smallest absolute Gasteiger partial charge is 0.232 e. The molecule has 0 saturated heterocycles. The molecule has 1 atom stereocenters. The molecule has 0 saturated carbocycles. The van der Waals surface area contributed by atoms with E-state index in [-0.39, 0.29) is 34.3 Å². The predicted molar refractivity (Wildman–Crippen MR) is 71.7 cm³/mol. The van der Waals surface area contributed by atoms with Gasteiger partial charge in [-0.2, -0.15) is 9.97 Å². The highest BCUT2D eigenvalue weighted by atomic mass is 19.2. The van der Waals surface area contributed by atoms with Gasteiger partial charge in [-0.25, -0.2) is 13.2 Å². The Kier molecular flexibility index (Phi) is 3.39. The number of nitrogens with zero attached hydrogens (tertiary/aromatic N) is 2. The highest BCUT2D eigenvalue weighted by Gasteiger charge is 2.34. The molecule has 0 spiro atoms. The van der Waals surface area contributed by atoms with Crippen molar-refractivity contribution in [3.63, 3.8) is 0 Å². The fourth-order valence-corrected chi connectivity index (χ4v) is 2.39. The van der Waals surface area contributed by atoms with Gasteiger partial charge >= 0.3 is 0 Å². The molecule has 5 nitrogen and oxygen atoms in total.